The van der Waals surface area contributed by atoms with Gasteiger partial charge in [-0.3, -0.25) is 0 Å². The van der Waals surface area contributed by atoms with Gasteiger partial charge in [0.05, 0.1) is 10.6 Å². The lowest BCUT2D eigenvalue weighted by Crippen LogP contribution is -2.14. The van der Waals surface area contributed by atoms with Gasteiger partial charge in [-0.15, -0.1) is 0 Å². The minimum Gasteiger partial charge on any atom is -0.508 e. The number of carbonyl (C=O) groups is 1. The Bertz CT molecular complexity index is 810. The molecule has 0 saturated carbocycles. The second-order valence-corrected chi connectivity index (χ2v) is 6.75. The summed E-state index contributed by atoms with van der Waals surface area (Å²) >= 11 is 0. The number of rotatable bonds is 6. The second-order valence-electron chi connectivity index (χ2n) is 4.65. The van der Waals surface area contributed by atoms with Crippen LogP contribution in [0.25, 0.3) is 0 Å². The van der Waals surface area contributed by atoms with Crippen molar-refractivity contribution >= 4 is 15.8 Å². The van der Waals surface area contributed by atoms with Crippen LogP contribution in [-0.2, 0) is 9.84 Å². The fourth-order valence-corrected chi connectivity index (χ4v) is 2.91. The number of aromatic carboxylic acids is 1. The summed E-state index contributed by atoms with van der Waals surface area (Å²) in [6.45, 7) is -0.187. The molecule has 0 bridgehead atoms. The first kappa shape index (κ1) is 16.6. The van der Waals surface area contributed by atoms with Crippen LogP contribution in [0.5, 0.6) is 17.2 Å². The van der Waals surface area contributed by atoms with Gasteiger partial charge >= 0.3 is 5.97 Å². The maximum Gasteiger partial charge on any atom is 0.339 e. The smallest absolute Gasteiger partial charge is 0.339 e. The molecule has 0 saturated heterocycles. The zero-order valence-electron chi connectivity index (χ0n) is 11.8. The van der Waals surface area contributed by atoms with E-state index in [9.17, 15) is 18.3 Å². The summed E-state index contributed by atoms with van der Waals surface area (Å²) in [5.74, 6) is -1.93. The fraction of sp³-hybridized carbons (Fsp3) is 0.133. The fourth-order valence-electron chi connectivity index (χ4n) is 1.82. The SMILES string of the molecule is O=C(O)c1cc(OCCS(=O)(=O)c2ccc(O)cc2)ccc1O. The standard InChI is InChI=1S/C15H14O7S/c16-10-1-4-12(5-2-10)23(20,21)8-7-22-11-3-6-14(17)13(9-11)15(18)19/h1-6,9,16-17H,7-8H2,(H,18,19). The summed E-state index contributed by atoms with van der Waals surface area (Å²) in [6, 6.07) is 8.73. The first-order chi connectivity index (χ1) is 10.8. The summed E-state index contributed by atoms with van der Waals surface area (Å²) in [4.78, 5) is 10.9. The Labute approximate surface area is 132 Å². The number of hydrogen-bond acceptors (Lipinski definition) is 6. The molecule has 2 aromatic rings. The summed E-state index contributed by atoms with van der Waals surface area (Å²) in [5, 5.41) is 27.4. The van der Waals surface area contributed by atoms with E-state index in [4.69, 9.17) is 14.9 Å². The molecule has 122 valence electrons. The molecular formula is C15H14O7S. The van der Waals surface area contributed by atoms with E-state index in [-0.39, 0.29) is 34.3 Å². The Morgan fingerprint density at radius 2 is 1.70 bits per heavy atom. The molecule has 2 aromatic carbocycles. The molecule has 2 rings (SSSR count). The molecular weight excluding hydrogens is 324 g/mol. The van der Waals surface area contributed by atoms with E-state index in [0.29, 0.717) is 0 Å². The Morgan fingerprint density at radius 1 is 1.04 bits per heavy atom. The lowest BCUT2D eigenvalue weighted by molar-refractivity contribution is 0.0693. The molecule has 7 nitrogen and oxygen atoms in total. The summed E-state index contributed by atoms with van der Waals surface area (Å²) in [6.07, 6.45) is 0. The molecule has 0 aliphatic heterocycles. The van der Waals surface area contributed by atoms with Gasteiger partial charge in [0.25, 0.3) is 0 Å². The van der Waals surface area contributed by atoms with E-state index >= 15 is 0 Å². The summed E-state index contributed by atoms with van der Waals surface area (Å²) < 4.78 is 29.4. The van der Waals surface area contributed by atoms with Gasteiger partial charge in [0.2, 0.25) is 0 Å². The van der Waals surface area contributed by atoms with Crippen molar-refractivity contribution in [1.82, 2.24) is 0 Å². The number of phenolic OH excluding ortho intramolecular Hbond substituents is 1. The molecule has 0 aliphatic carbocycles. The van der Waals surface area contributed by atoms with E-state index in [2.05, 4.69) is 0 Å². The molecule has 0 amide bonds. The highest BCUT2D eigenvalue weighted by molar-refractivity contribution is 7.91. The van der Waals surface area contributed by atoms with Crippen LogP contribution in [0, 0.1) is 0 Å². The predicted molar refractivity (Wildman–Crippen MR) is 80.7 cm³/mol. The predicted octanol–water partition coefficient (Wildman–Crippen LogP) is 1.65. The first-order valence-electron chi connectivity index (χ1n) is 6.50. The molecule has 0 unspecified atom stereocenters. The number of benzene rings is 2. The zero-order valence-corrected chi connectivity index (χ0v) is 12.7. The Hall–Kier alpha value is -2.74. The molecule has 0 radical (unpaired) electrons. The molecule has 0 fully saturated rings. The molecule has 0 heterocycles. The molecule has 0 spiro atoms. The quantitative estimate of drug-likeness (QED) is 0.732. The van der Waals surface area contributed by atoms with Crippen LogP contribution in [-0.4, -0.2) is 42.1 Å². The number of hydrogen-bond donors (Lipinski definition) is 3. The molecule has 0 atom stereocenters. The monoisotopic (exact) mass is 338 g/mol. The first-order valence-corrected chi connectivity index (χ1v) is 8.16. The number of ether oxygens (including phenoxy) is 1. The van der Waals surface area contributed by atoms with Gasteiger partial charge in [-0.2, -0.15) is 0 Å². The minimum absolute atomic E-state index is 0.0366. The van der Waals surface area contributed by atoms with Gasteiger partial charge in [-0.05, 0) is 42.5 Å². The van der Waals surface area contributed by atoms with E-state index in [1.54, 1.807) is 0 Å². The van der Waals surface area contributed by atoms with Crippen LogP contribution >= 0.6 is 0 Å². The van der Waals surface area contributed by atoms with E-state index in [0.717, 1.165) is 12.1 Å². The third-order valence-corrected chi connectivity index (χ3v) is 4.71. The van der Waals surface area contributed by atoms with Crippen molar-refractivity contribution in [3.8, 4) is 17.2 Å². The molecule has 0 aliphatic rings. The second kappa shape index (κ2) is 6.57. The third kappa shape index (κ3) is 4.13. The average Bonchev–Trinajstić information content (AvgIpc) is 2.49. The summed E-state index contributed by atoms with van der Waals surface area (Å²) in [5.41, 5.74) is -0.330. The highest BCUT2D eigenvalue weighted by Crippen LogP contribution is 2.23. The number of phenols is 2. The largest absolute Gasteiger partial charge is 0.508 e. The van der Waals surface area contributed by atoms with Crippen LogP contribution in [0.3, 0.4) is 0 Å². The lowest BCUT2D eigenvalue weighted by Gasteiger charge is -2.09. The zero-order chi connectivity index (χ0) is 17.0. The van der Waals surface area contributed by atoms with Crippen LogP contribution in [0.4, 0.5) is 0 Å². The van der Waals surface area contributed by atoms with Crippen LogP contribution in [0.15, 0.2) is 47.4 Å². The Morgan fingerprint density at radius 3 is 2.30 bits per heavy atom. The van der Waals surface area contributed by atoms with Gasteiger partial charge < -0.3 is 20.1 Å². The topological polar surface area (TPSA) is 121 Å². The van der Waals surface area contributed by atoms with Crippen molar-refractivity contribution in [2.75, 3.05) is 12.4 Å². The lowest BCUT2D eigenvalue weighted by atomic mass is 10.2. The number of carboxylic acids is 1. The third-order valence-electron chi connectivity index (χ3n) is 3.02. The van der Waals surface area contributed by atoms with E-state index in [1.807, 2.05) is 0 Å². The highest BCUT2D eigenvalue weighted by Gasteiger charge is 2.15. The molecule has 8 heteroatoms. The highest BCUT2D eigenvalue weighted by atomic mass is 32.2. The average molecular weight is 338 g/mol. The Balaban J connectivity index is 2.03. The minimum atomic E-state index is -3.58. The van der Waals surface area contributed by atoms with Crippen molar-refractivity contribution in [2.24, 2.45) is 0 Å². The normalized spacial score (nSPS) is 11.1. The maximum atomic E-state index is 12.1. The maximum absolute atomic E-state index is 12.1. The number of carboxylic acid groups (broad SMARTS) is 1. The van der Waals surface area contributed by atoms with Gasteiger partial charge in [0.1, 0.15) is 29.4 Å². The van der Waals surface area contributed by atoms with Crippen molar-refractivity contribution in [3.05, 3.63) is 48.0 Å². The van der Waals surface area contributed by atoms with Gasteiger partial charge in [0.15, 0.2) is 9.84 Å². The molecule has 0 aromatic heterocycles. The van der Waals surface area contributed by atoms with Crippen LogP contribution in [0.1, 0.15) is 10.4 Å². The Kier molecular flexibility index (Phi) is 4.75. The van der Waals surface area contributed by atoms with Crippen molar-refractivity contribution < 1.29 is 33.3 Å². The molecule has 3 N–H and O–H groups in total. The van der Waals surface area contributed by atoms with Crippen molar-refractivity contribution in [2.45, 2.75) is 4.90 Å². The van der Waals surface area contributed by atoms with Gasteiger partial charge in [0, 0.05) is 0 Å². The van der Waals surface area contributed by atoms with Crippen LogP contribution < -0.4 is 4.74 Å². The number of aromatic hydroxyl groups is 2. The van der Waals surface area contributed by atoms with E-state index < -0.39 is 21.6 Å². The molecule has 23 heavy (non-hydrogen) atoms. The van der Waals surface area contributed by atoms with Gasteiger partial charge in [-0.1, -0.05) is 0 Å². The number of sulfone groups is 1. The van der Waals surface area contributed by atoms with Crippen molar-refractivity contribution in [1.29, 1.82) is 0 Å². The van der Waals surface area contributed by atoms with Gasteiger partial charge in [-0.25, -0.2) is 13.2 Å². The summed E-state index contributed by atoms with van der Waals surface area (Å²) in [7, 11) is -3.58. The van der Waals surface area contributed by atoms with E-state index in [1.165, 1.54) is 30.3 Å². The van der Waals surface area contributed by atoms with Crippen molar-refractivity contribution in [3.63, 3.8) is 0 Å². The van der Waals surface area contributed by atoms with Crippen LogP contribution in [0.2, 0.25) is 0 Å².